The third kappa shape index (κ3) is 3.58. The summed E-state index contributed by atoms with van der Waals surface area (Å²) in [6.45, 7) is 2.03. The lowest BCUT2D eigenvalue weighted by molar-refractivity contribution is 0.0935. The molecule has 20 heavy (non-hydrogen) atoms. The molecule has 2 rings (SSSR count). The Labute approximate surface area is 131 Å². The SMILES string of the molecule is CCC(NC(=O)c1cccnc1Cl)c1ccc(Br)cc1. The van der Waals surface area contributed by atoms with Gasteiger partial charge in [-0.3, -0.25) is 4.79 Å². The summed E-state index contributed by atoms with van der Waals surface area (Å²) >= 11 is 9.33. The minimum Gasteiger partial charge on any atom is -0.345 e. The van der Waals surface area contributed by atoms with Crippen molar-refractivity contribution < 1.29 is 4.79 Å². The zero-order chi connectivity index (χ0) is 14.5. The molecule has 1 unspecified atom stereocenters. The number of hydrogen-bond acceptors (Lipinski definition) is 2. The number of nitrogens with one attached hydrogen (secondary N) is 1. The van der Waals surface area contributed by atoms with Crippen LogP contribution in [0.4, 0.5) is 0 Å². The van der Waals surface area contributed by atoms with Gasteiger partial charge in [0.15, 0.2) is 0 Å². The summed E-state index contributed by atoms with van der Waals surface area (Å²) in [4.78, 5) is 16.1. The van der Waals surface area contributed by atoms with Crippen LogP contribution in [0.3, 0.4) is 0 Å². The van der Waals surface area contributed by atoms with E-state index in [-0.39, 0.29) is 17.1 Å². The molecule has 5 heteroatoms. The molecule has 1 heterocycles. The predicted molar refractivity (Wildman–Crippen MR) is 83.9 cm³/mol. The molecule has 1 N–H and O–H groups in total. The number of benzene rings is 1. The van der Waals surface area contributed by atoms with Crippen molar-refractivity contribution in [3.8, 4) is 0 Å². The first kappa shape index (κ1) is 15.0. The molecule has 2 aromatic rings. The Balaban J connectivity index is 2.16. The quantitative estimate of drug-likeness (QED) is 0.829. The number of nitrogens with zero attached hydrogens (tertiary/aromatic N) is 1. The van der Waals surface area contributed by atoms with Gasteiger partial charge in [0.1, 0.15) is 5.15 Å². The molecule has 1 aromatic heterocycles. The third-order valence-electron chi connectivity index (χ3n) is 2.99. The minimum atomic E-state index is -0.210. The third-order valence-corrected chi connectivity index (χ3v) is 3.82. The number of amides is 1. The van der Waals surface area contributed by atoms with E-state index in [9.17, 15) is 4.79 Å². The zero-order valence-corrected chi connectivity index (χ0v) is 13.3. The molecule has 0 spiro atoms. The maximum atomic E-state index is 12.2. The highest BCUT2D eigenvalue weighted by Gasteiger charge is 2.16. The Morgan fingerprint density at radius 1 is 1.35 bits per heavy atom. The van der Waals surface area contributed by atoms with Crippen LogP contribution >= 0.6 is 27.5 Å². The van der Waals surface area contributed by atoms with Crippen molar-refractivity contribution >= 4 is 33.4 Å². The number of aromatic nitrogens is 1. The van der Waals surface area contributed by atoms with Crippen molar-refractivity contribution in [2.24, 2.45) is 0 Å². The van der Waals surface area contributed by atoms with E-state index < -0.39 is 0 Å². The van der Waals surface area contributed by atoms with E-state index in [0.29, 0.717) is 5.56 Å². The van der Waals surface area contributed by atoms with Crippen LogP contribution in [-0.2, 0) is 0 Å². The summed E-state index contributed by atoms with van der Waals surface area (Å²) in [5.74, 6) is -0.210. The van der Waals surface area contributed by atoms with Gasteiger partial charge in [0.2, 0.25) is 0 Å². The Hall–Kier alpha value is -1.39. The highest BCUT2D eigenvalue weighted by atomic mass is 79.9. The van der Waals surface area contributed by atoms with E-state index in [2.05, 4.69) is 26.2 Å². The van der Waals surface area contributed by atoms with Crippen LogP contribution in [0.25, 0.3) is 0 Å². The van der Waals surface area contributed by atoms with Gasteiger partial charge in [-0.25, -0.2) is 4.98 Å². The molecule has 104 valence electrons. The molecule has 1 amide bonds. The maximum absolute atomic E-state index is 12.2. The topological polar surface area (TPSA) is 42.0 Å². The van der Waals surface area contributed by atoms with Gasteiger partial charge in [-0.05, 0) is 36.2 Å². The van der Waals surface area contributed by atoms with Crippen LogP contribution in [0.2, 0.25) is 5.15 Å². The van der Waals surface area contributed by atoms with Crippen molar-refractivity contribution in [1.82, 2.24) is 10.3 Å². The number of carbonyl (C=O) groups excluding carboxylic acids is 1. The molecule has 0 aliphatic carbocycles. The molecule has 0 radical (unpaired) electrons. The average molecular weight is 354 g/mol. The summed E-state index contributed by atoms with van der Waals surface area (Å²) in [7, 11) is 0. The molecular weight excluding hydrogens is 340 g/mol. The fourth-order valence-electron chi connectivity index (χ4n) is 1.91. The van der Waals surface area contributed by atoms with Gasteiger partial charge in [-0.1, -0.05) is 46.6 Å². The van der Waals surface area contributed by atoms with Gasteiger partial charge in [0, 0.05) is 10.7 Å². The molecule has 1 aromatic carbocycles. The van der Waals surface area contributed by atoms with Crippen molar-refractivity contribution in [2.75, 3.05) is 0 Å². The van der Waals surface area contributed by atoms with Crippen LogP contribution in [0, 0.1) is 0 Å². The average Bonchev–Trinajstić information content (AvgIpc) is 2.46. The second kappa shape index (κ2) is 6.86. The second-order valence-electron chi connectivity index (χ2n) is 4.33. The number of hydrogen-bond donors (Lipinski definition) is 1. The maximum Gasteiger partial charge on any atom is 0.254 e. The monoisotopic (exact) mass is 352 g/mol. The molecule has 0 fully saturated rings. The predicted octanol–water partition coefficient (Wildman–Crippen LogP) is 4.38. The van der Waals surface area contributed by atoms with E-state index >= 15 is 0 Å². The van der Waals surface area contributed by atoms with Crippen molar-refractivity contribution in [1.29, 1.82) is 0 Å². The summed E-state index contributed by atoms with van der Waals surface area (Å²) in [6, 6.07) is 11.2. The van der Waals surface area contributed by atoms with E-state index in [0.717, 1.165) is 16.5 Å². The Morgan fingerprint density at radius 2 is 2.05 bits per heavy atom. The summed E-state index contributed by atoms with van der Waals surface area (Å²) in [6.07, 6.45) is 2.36. The fraction of sp³-hybridized carbons (Fsp3) is 0.200. The summed E-state index contributed by atoms with van der Waals surface area (Å²) in [5.41, 5.74) is 1.45. The minimum absolute atomic E-state index is 0.0492. The smallest absolute Gasteiger partial charge is 0.254 e. The Morgan fingerprint density at radius 3 is 2.65 bits per heavy atom. The van der Waals surface area contributed by atoms with Crippen LogP contribution in [0.1, 0.15) is 35.3 Å². The number of halogens is 2. The van der Waals surface area contributed by atoms with E-state index in [1.165, 1.54) is 0 Å². The normalized spacial score (nSPS) is 11.9. The van der Waals surface area contributed by atoms with Gasteiger partial charge in [0.05, 0.1) is 11.6 Å². The fourth-order valence-corrected chi connectivity index (χ4v) is 2.38. The van der Waals surface area contributed by atoms with Crippen molar-refractivity contribution in [2.45, 2.75) is 19.4 Å². The number of rotatable bonds is 4. The molecule has 1 atom stereocenters. The molecule has 0 aliphatic heterocycles. The van der Waals surface area contributed by atoms with Crippen LogP contribution in [0.15, 0.2) is 47.1 Å². The number of carbonyl (C=O) groups is 1. The van der Waals surface area contributed by atoms with E-state index in [4.69, 9.17) is 11.6 Å². The number of pyridine rings is 1. The molecule has 0 saturated heterocycles. The molecule has 0 bridgehead atoms. The van der Waals surface area contributed by atoms with E-state index in [1.807, 2.05) is 31.2 Å². The largest absolute Gasteiger partial charge is 0.345 e. The van der Waals surface area contributed by atoms with Crippen LogP contribution < -0.4 is 5.32 Å². The Kier molecular flexibility index (Phi) is 5.15. The van der Waals surface area contributed by atoms with E-state index in [1.54, 1.807) is 18.3 Å². The summed E-state index contributed by atoms with van der Waals surface area (Å²) in [5, 5.41) is 3.20. The first-order chi connectivity index (χ1) is 9.61. The van der Waals surface area contributed by atoms with Crippen LogP contribution in [0.5, 0.6) is 0 Å². The standard InChI is InChI=1S/C15H14BrClN2O/c1-2-13(10-5-7-11(16)8-6-10)19-15(20)12-4-3-9-18-14(12)17/h3-9,13H,2H2,1H3,(H,19,20). The van der Waals surface area contributed by atoms with Gasteiger partial charge in [-0.2, -0.15) is 0 Å². The lowest BCUT2D eigenvalue weighted by atomic mass is 10.0. The van der Waals surface area contributed by atoms with Crippen LogP contribution in [-0.4, -0.2) is 10.9 Å². The second-order valence-corrected chi connectivity index (χ2v) is 5.60. The molecule has 3 nitrogen and oxygen atoms in total. The van der Waals surface area contributed by atoms with Gasteiger partial charge < -0.3 is 5.32 Å². The highest BCUT2D eigenvalue weighted by Crippen LogP contribution is 2.21. The summed E-state index contributed by atoms with van der Waals surface area (Å²) < 4.78 is 1.01. The van der Waals surface area contributed by atoms with Gasteiger partial charge in [0.25, 0.3) is 5.91 Å². The lowest BCUT2D eigenvalue weighted by Gasteiger charge is -2.17. The highest BCUT2D eigenvalue weighted by molar-refractivity contribution is 9.10. The van der Waals surface area contributed by atoms with Gasteiger partial charge >= 0.3 is 0 Å². The van der Waals surface area contributed by atoms with Crippen molar-refractivity contribution in [3.05, 3.63) is 63.3 Å². The molecular formula is C15H14BrClN2O. The zero-order valence-electron chi connectivity index (χ0n) is 10.9. The first-order valence-corrected chi connectivity index (χ1v) is 7.45. The Bertz CT molecular complexity index is 601. The lowest BCUT2D eigenvalue weighted by Crippen LogP contribution is -2.28. The first-order valence-electron chi connectivity index (χ1n) is 6.28. The molecule has 0 aliphatic rings. The van der Waals surface area contributed by atoms with Gasteiger partial charge in [-0.15, -0.1) is 0 Å². The van der Waals surface area contributed by atoms with Crippen molar-refractivity contribution in [3.63, 3.8) is 0 Å². The molecule has 0 saturated carbocycles.